The van der Waals surface area contributed by atoms with Gasteiger partial charge in [-0.2, -0.15) is 0 Å². The molecule has 1 atom stereocenters. The van der Waals surface area contributed by atoms with Crippen molar-refractivity contribution in [1.82, 2.24) is 9.88 Å². The Morgan fingerprint density at radius 3 is 2.41 bits per heavy atom. The zero-order chi connectivity index (χ0) is 19.8. The number of rotatable bonds is 4. The molecule has 1 fully saturated rings. The SMILES string of the molecule is Cc1cc(C)c(Nc2cncc(C(=O)N(C)C3CCS(=O)(=O)C3)c2)c(C)c1. The molecule has 1 aliphatic rings. The van der Waals surface area contributed by atoms with Gasteiger partial charge < -0.3 is 10.2 Å². The number of benzene rings is 1. The van der Waals surface area contributed by atoms with Crippen molar-refractivity contribution in [2.45, 2.75) is 33.2 Å². The maximum Gasteiger partial charge on any atom is 0.255 e. The normalized spacial score (nSPS) is 18.3. The topological polar surface area (TPSA) is 79.4 Å². The summed E-state index contributed by atoms with van der Waals surface area (Å²) >= 11 is 0. The number of amides is 1. The van der Waals surface area contributed by atoms with Crippen molar-refractivity contribution in [1.29, 1.82) is 0 Å². The van der Waals surface area contributed by atoms with Gasteiger partial charge in [0.05, 0.1) is 29.0 Å². The van der Waals surface area contributed by atoms with Gasteiger partial charge in [0.25, 0.3) is 5.91 Å². The fourth-order valence-corrected chi connectivity index (χ4v) is 5.37. The van der Waals surface area contributed by atoms with Gasteiger partial charge in [0.15, 0.2) is 9.84 Å². The molecule has 27 heavy (non-hydrogen) atoms. The predicted molar refractivity (Wildman–Crippen MR) is 107 cm³/mol. The lowest BCUT2D eigenvalue weighted by molar-refractivity contribution is 0.0747. The Morgan fingerprint density at radius 2 is 1.81 bits per heavy atom. The zero-order valence-corrected chi connectivity index (χ0v) is 16.9. The van der Waals surface area contributed by atoms with Crippen LogP contribution in [0, 0.1) is 20.8 Å². The lowest BCUT2D eigenvalue weighted by Crippen LogP contribution is -2.37. The highest BCUT2D eigenvalue weighted by molar-refractivity contribution is 7.91. The third kappa shape index (κ3) is 4.30. The second-order valence-corrected chi connectivity index (χ2v) is 9.56. The van der Waals surface area contributed by atoms with Crippen molar-refractivity contribution in [3.63, 3.8) is 0 Å². The molecule has 2 heterocycles. The quantitative estimate of drug-likeness (QED) is 0.872. The lowest BCUT2D eigenvalue weighted by atomic mass is 10.0. The average molecular weight is 388 g/mol. The van der Waals surface area contributed by atoms with E-state index in [2.05, 4.69) is 29.4 Å². The first-order valence-electron chi connectivity index (χ1n) is 8.94. The summed E-state index contributed by atoms with van der Waals surface area (Å²) < 4.78 is 23.4. The summed E-state index contributed by atoms with van der Waals surface area (Å²) in [7, 11) is -1.39. The number of aryl methyl sites for hydroxylation is 3. The van der Waals surface area contributed by atoms with Gasteiger partial charge in [-0.05, 0) is 44.4 Å². The van der Waals surface area contributed by atoms with E-state index in [1.54, 1.807) is 19.3 Å². The van der Waals surface area contributed by atoms with Crippen LogP contribution < -0.4 is 5.32 Å². The minimum atomic E-state index is -3.04. The number of aromatic nitrogens is 1. The van der Waals surface area contributed by atoms with Crippen LogP contribution in [0.5, 0.6) is 0 Å². The van der Waals surface area contributed by atoms with Crippen LogP contribution in [-0.2, 0) is 9.84 Å². The first-order chi connectivity index (χ1) is 12.7. The maximum atomic E-state index is 12.8. The van der Waals surface area contributed by atoms with Gasteiger partial charge in [0.1, 0.15) is 0 Å². The molecule has 1 N–H and O–H groups in total. The molecule has 1 amide bonds. The van der Waals surface area contributed by atoms with Crippen LogP contribution in [0.25, 0.3) is 0 Å². The molecular formula is C20H25N3O3S. The molecular weight excluding hydrogens is 362 g/mol. The van der Waals surface area contributed by atoms with Crippen molar-refractivity contribution in [2.75, 3.05) is 23.9 Å². The molecule has 0 saturated carbocycles. The first kappa shape index (κ1) is 19.4. The first-order valence-corrected chi connectivity index (χ1v) is 10.8. The maximum absolute atomic E-state index is 12.8. The molecule has 0 aliphatic carbocycles. The standard InChI is InChI=1S/C20H25N3O3S/c1-13-7-14(2)19(15(3)8-13)22-17-9-16(10-21-11-17)20(24)23(4)18-5-6-27(25,26)12-18/h7-11,18,22H,5-6,12H2,1-4H3. The van der Waals surface area contributed by atoms with Crippen molar-refractivity contribution >= 4 is 27.1 Å². The van der Waals surface area contributed by atoms with Gasteiger partial charge in [-0.25, -0.2) is 8.42 Å². The van der Waals surface area contributed by atoms with E-state index in [0.29, 0.717) is 12.0 Å². The van der Waals surface area contributed by atoms with Crippen LogP contribution in [0.1, 0.15) is 33.5 Å². The van der Waals surface area contributed by atoms with E-state index < -0.39 is 9.84 Å². The third-order valence-corrected chi connectivity index (χ3v) is 6.76. The molecule has 1 aromatic carbocycles. The highest BCUT2D eigenvalue weighted by Gasteiger charge is 2.33. The monoisotopic (exact) mass is 387 g/mol. The largest absolute Gasteiger partial charge is 0.354 e. The van der Waals surface area contributed by atoms with E-state index in [9.17, 15) is 13.2 Å². The average Bonchev–Trinajstić information content (AvgIpc) is 2.97. The minimum Gasteiger partial charge on any atom is -0.354 e. The Kier molecular flexibility index (Phi) is 5.24. The van der Waals surface area contributed by atoms with Gasteiger partial charge in [-0.1, -0.05) is 17.7 Å². The van der Waals surface area contributed by atoms with E-state index >= 15 is 0 Å². The van der Waals surface area contributed by atoms with Crippen molar-refractivity contribution in [2.24, 2.45) is 0 Å². The molecule has 0 radical (unpaired) electrons. The van der Waals surface area contributed by atoms with Crippen LogP contribution in [0.15, 0.2) is 30.6 Å². The number of carbonyl (C=O) groups is 1. The molecule has 7 heteroatoms. The van der Waals surface area contributed by atoms with E-state index in [-0.39, 0.29) is 23.5 Å². The molecule has 6 nitrogen and oxygen atoms in total. The number of hydrogen-bond acceptors (Lipinski definition) is 5. The van der Waals surface area contributed by atoms with Gasteiger partial charge >= 0.3 is 0 Å². The van der Waals surface area contributed by atoms with Crippen molar-refractivity contribution in [3.05, 3.63) is 52.8 Å². The van der Waals surface area contributed by atoms with Crippen LogP contribution >= 0.6 is 0 Å². The smallest absolute Gasteiger partial charge is 0.255 e. The lowest BCUT2D eigenvalue weighted by Gasteiger charge is -2.23. The number of anilines is 2. The predicted octanol–water partition coefficient (Wildman–Crippen LogP) is 3.01. The van der Waals surface area contributed by atoms with Crippen molar-refractivity contribution in [3.8, 4) is 0 Å². The summed E-state index contributed by atoms with van der Waals surface area (Å²) in [5, 5.41) is 3.36. The fourth-order valence-electron chi connectivity index (χ4n) is 3.60. The molecule has 0 spiro atoms. The van der Waals surface area contributed by atoms with E-state index in [4.69, 9.17) is 0 Å². The summed E-state index contributed by atoms with van der Waals surface area (Å²) in [5.41, 5.74) is 5.61. The van der Waals surface area contributed by atoms with E-state index in [1.165, 1.54) is 16.7 Å². The molecule has 2 aromatic rings. The summed E-state index contributed by atoms with van der Waals surface area (Å²) in [5.74, 6) is -0.0469. The number of carbonyl (C=O) groups excluding carboxylic acids is 1. The van der Waals surface area contributed by atoms with Crippen LogP contribution in [0.4, 0.5) is 11.4 Å². The second-order valence-electron chi connectivity index (χ2n) is 7.33. The Bertz CT molecular complexity index is 963. The molecule has 1 aliphatic heterocycles. The van der Waals surface area contributed by atoms with Crippen LogP contribution in [-0.4, -0.2) is 48.8 Å². The summed E-state index contributed by atoms with van der Waals surface area (Å²) in [6.45, 7) is 6.14. The third-order valence-electron chi connectivity index (χ3n) is 5.01. The Balaban J connectivity index is 1.80. The second kappa shape index (κ2) is 7.31. The van der Waals surface area contributed by atoms with Crippen molar-refractivity contribution < 1.29 is 13.2 Å². The van der Waals surface area contributed by atoms with Gasteiger partial charge in [-0.15, -0.1) is 0 Å². The number of nitrogens with zero attached hydrogens (tertiary/aromatic N) is 2. The highest BCUT2D eigenvalue weighted by atomic mass is 32.2. The summed E-state index contributed by atoms with van der Waals surface area (Å²) in [6.07, 6.45) is 3.68. The molecule has 1 aromatic heterocycles. The summed E-state index contributed by atoms with van der Waals surface area (Å²) in [6, 6.07) is 5.69. The van der Waals surface area contributed by atoms with Gasteiger partial charge in [0.2, 0.25) is 0 Å². The molecule has 144 valence electrons. The zero-order valence-electron chi connectivity index (χ0n) is 16.1. The molecule has 1 unspecified atom stereocenters. The fraction of sp³-hybridized carbons (Fsp3) is 0.400. The summed E-state index contributed by atoms with van der Waals surface area (Å²) in [4.78, 5) is 18.5. The van der Waals surface area contributed by atoms with E-state index in [1.807, 2.05) is 13.8 Å². The molecule has 3 rings (SSSR count). The molecule has 1 saturated heterocycles. The minimum absolute atomic E-state index is 0.0301. The number of sulfone groups is 1. The Labute approximate surface area is 160 Å². The van der Waals surface area contributed by atoms with E-state index in [0.717, 1.165) is 22.5 Å². The number of hydrogen-bond donors (Lipinski definition) is 1. The Morgan fingerprint density at radius 1 is 1.15 bits per heavy atom. The number of pyridine rings is 1. The number of nitrogens with one attached hydrogen (secondary N) is 1. The van der Waals surface area contributed by atoms with Gasteiger partial charge in [-0.3, -0.25) is 9.78 Å². The Hall–Kier alpha value is -2.41. The van der Waals surface area contributed by atoms with Crippen LogP contribution in [0.2, 0.25) is 0 Å². The molecule has 0 bridgehead atoms. The van der Waals surface area contributed by atoms with Gasteiger partial charge in [0, 0.05) is 25.0 Å². The van der Waals surface area contributed by atoms with Crippen LogP contribution in [0.3, 0.4) is 0 Å². The highest BCUT2D eigenvalue weighted by Crippen LogP contribution is 2.26.